The van der Waals surface area contributed by atoms with Crippen molar-refractivity contribution in [3.63, 3.8) is 0 Å². The summed E-state index contributed by atoms with van der Waals surface area (Å²) < 4.78 is 5.29. The summed E-state index contributed by atoms with van der Waals surface area (Å²) in [6.45, 7) is 4.21. The van der Waals surface area contributed by atoms with Crippen LogP contribution in [0.5, 0.6) is 0 Å². The van der Waals surface area contributed by atoms with E-state index < -0.39 is 0 Å². The van der Waals surface area contributed by atoms with E-state index in [4.69, 9.17) is 10.5 Å². The Bertz CT molecular complexity index is 829. The summed E-state index contributed by atoms with van der Waals surface area (Å²) in [7, 11) is 0. The average molecular weight is 367 g/mol. The van der Waals surface area contributed by atoms with Crippen molar-refractivity contribution >= 4 is 23.2 Å². The smallest absolute Gasteiger partial charge is 0.254 e. The number of para-hydroxylation sites is 1. The number of ether oxygens (including phenoxy) is 1. The van der Waals surface area contributed by atoms with Crippen LogP contribution in [0, 0.1) is 6.92 Å². The van der Waals surface area contributed by atoms with E-state index in [9.17, 15) is 9.59 Å². The van der Waals surface area contributed by atoms with Crippen molar-refractivity contribution in [1.29, 1.82) is 0 Å². The van der Waals surface area contributed by atoms with Crippen molar-refractivity contribution in [3.8, 4) is 0 Å². The molecule has 0 aromatic heterocycles. The number of carbonyl (C=O) groups excluding carboxylic acids is 2. The Morgan fingerprint density at radius 2 is 1.89 bits per heavy atom. The highest BCUT2D eigenvalue weighted by molar-refractivity contribution is 5.98. The van der Waals surface area contributed by atoms with Gasteiger partial charge in [0.15, 0.2) is 0 Å². The Morgan fingerprint density at radius 3 is 2.63 bits per heavy atom. The van der Waals surface area contributed by atoms with Gasteiger partial charge in [-0.2, -0.15) is 0 Å². The van der Waals surface area contributed by atoms with Crippen LogP contribution in [0.15, 0.2) is 42.5 Å². The van der Waals surface area contributed by atoms with Crippen molar-refractivity contribution in [1.82, 2.24) is 4.90 Å². The van der Waals surface area contributed by atoms with E-state index in [1.165, 1.54) is 0 Å². The van der Waals surface area contributed by atoms with Gasteiger partial charge in [-0.25, -0.2) is 0 Å². The van der Waals surface area contributed by atoms with Crippen molar-refractivity contribution in [2.75, 3.05) is 37.4 Å². The lowest BCUT2D eigenvalue weighted by Gasteiger charge is -2.27. The molecule has 3 N–H and O–H groups in total. The molecular formula is C21H25N3O3. The molecule has 0 unspecified atom stereocenters. The summed E-state index contributed by atoms with van der Waals surface area (Å²) in [6.07, 6.45) is 0.902. The van der Waals surface area contributed by atoms with Crippen LogP contribution in [-0.2, 0) is 16.0 Å². The van der Waals surface area contributed by atoms with Crippen LogP contribution in [0.25, 0.3) is 0 Å². The molecule has 2 aromatic rings. The van der Waals surface area contributed by atoms with E-state index in [-0.39, 0.29) is 11.8 Å². The monoisotopic (exact) mass is 367 g/mol. The summed E-state index contributed by atoms with van der Waals surface area (Å²) in [5.41, 5.74) is 9.74. The standard InChI is InChI=1S/C21H25N3O3/c1-15-6-7-17(21(26)24-10-12-27-13-11-24)14-19(15)23-20(25)9-8-16-4-2-3-5-18(16)22/h2-7,14H,8-13,22H2,1H3,(H,23,25). The van der Waals surface area contributed by atoms with Crippen molar-refractivity contribution in [2.24, 2.45) is 0 Å². The first-order valence-electron chi connectivity index (χ1n) is 9.15. The summed E-state index contributed by atoms with van der Waals surface area (Å²) in [5, 5.41) is 2.92. The van der Waals surface area contributed by atoms with E-state index in [0.717, 1.165) is 11.1 Å². The molecule has 2 amide bonds. The second-order valence-corrected chi connectivity index (χ2v) is 6.68. The second kappa shape index (κ2) is 8.68. The lowest BCUT2D eigenvalue weighted by molar-refractivity contribution is -0.116. The van der Waals surface area contributed by atoms with Crippen LogP contribution in [0.4, 0.5) is 11.4 Å². The van der Waals surface area contributed by atoms with Gasteiger partial charge in [-0.05, 0) is 42.7 Å². The highest BCUT2D eigenvalue weighted by Crippen LogP contribution is 2.20. The normalized spacial score (nSPS) is 14.0. The number of carbonyl (C=O) groups is 2. The SMILES string of the molecule is Cc1ccc(C(=O)N2CCOCC2)cc1NC(=O)CCc1ccccc1N. The van der Waals surface area contributed by atoms with Crippen LogP contribution in [0.3, 0.4) is 0 Å². The molecule has 0 atom stereocenters. The average Bonchev–Trinajstić information content (AvgIpc) is 2.69. The summed E-state index contributed by atoms with van der Waals surface area (Å²) in [4.78, 5) is 26.8. The predicted octanol–water partition coefficient (Wildman–Crippen LogP) is 2.62. The minimum atomic E-state index is -0.0997. The topological polar surface area (TPSA) is 84.7 Å². The van der Waals surface area contributed by atoms with Crippen LogP contribution >= 0.6 is 0 Å². The first kappa shape index (κ1) is 18.9. The Balaban J connectivity index is 1.64. The Kier molecular flexibility index (Phi) is 6.08. The number of nitrogens with zero attached hydrogens (tertiary/aromatic N) is 1. The molecule has 1 saturated heterocycles. The minimum absolute atomic E-state index is 0.0362. The number of amides is 2. The molecule has 1 fully saturated rings. The summed E-state index contributed by atoms with van der Waals surface area (Å²) in [5.74, 6) is -0.136. The van der Waals surface area contributed by atoms with E-state index in [1.54, 1.807) is 17.0 Å². The van der Waals surface area contributed by atoms with Gasteiger partial charge in [-0.15, -0.1) is 0 Å². The van der Waals surface area contributed by atoms with Crippen LogP contribution < -0.4 is 11.1 Å². The summed E-state index contributed by atoms with van der Waals surface area (Å²) in [6, 6.07) is 13.0. The molecular weight excluding hydrogens is 342 g/mol. The Hall–Kier alpha value is -2.86. The van der Waals surface area contributed by atoms with Gasteiger partial charge >= 0.3 is 0 Å². The molecule has 6 nitrogen and oxygen atoms in total. The van der Waals surface area contributed by atoms with Crippen LogP contribution in [0.1, 0.15) is 27.9 Å². The molecule has 1 heterocycles. The number of anilines is 2. The fraction of sp³-hybridized carbons (Fsp3) is 0.333. The highest BCUT2D eigenvalue weighted by Gasteiger charge is 2.19. The molecule has 0 radical (unpaired) electrons. The maximum Gasteiger partial charge on any atom is 0.254 e. The number of nitrogens with one attached hydrogen (secondary N) is 1. The molecule has 1 aliphatic rings. The number of hydrogen-bond donors (Lipinski definition) is 2. The first-order chi connectivity index (χ1) is 13.0. The maximum atomic E-state index is 12.6. The molecule has 0 saturated carbocycles. The summed E-state index contributed by atoms with van der Waals surface area (Å²) >= 11 is 0. The lowest BCUT2D eigenvalue weighted by Crippen LogP contribution is -2.40. The van der Waals surface area contributed by atoms with Gasteiger partial charge in [0.05, 0.1) is 13.2 Å². The van der Waals surface area contributed by atoms with E-state index in [1.807, 2.05) is 37.3 Å². The molecule has 142 valence electrons. The number of benzene rings is 2. The van der Waals surface area contributed by atoms with Crippen LogP contribution in [0.2, 0.25) is 0 Å². The molecule has 0 bridgehead atoms. The minimum Gasteiger partial charge on any atom is -0.399 e. The molecule has 6 heteroatoms. The third kappa shape index (κ3) is 4.86. The van der Waals surface area contributed by atoms with E-state index in [2.05, 4.69) is 5.32 Å². The van der Waals surface area contributed by atoms with E-state index >= 15 is 0 Å². The zero-order valence-corrected chi connectivity index (χ0v) is 15.5. The van der Waals surface area contributed by atoms with Crippen molar-refractivity contribution < 1.29 is 14.3 Å². The molecule has 0 aliphatic carbocycles. The number of nitrogen functional groups attached to an aromatic ring is 1. The Morgan fingerprint density at radius 1 is 1.15 bits per heavy atom. The van der Waals surface area contributed by atoms with Crippen LogP contribution in [-0.4, -0.2) is 43.0 Å². The van der Waals surface area contributed by atoms with Gasteiger partial charge in [0.25, 0.3) is 5.91 Å². The zero-order valence-electron chi connectivity index (χ0n) is 15.5. The number of aryl methyl sites for hydroxylation is 2. The first-order valence-corrected chi connectivity index (χ1v) is 9.15. The molecule has 2 aromatic carbocycles. The zero-order chi connectivity index (χ0) is 19.2. The molecule has 27 heavy (non-hydrogen) atoms. The van der Waals surface area contributed by atoms with Gasteiger partial charge < -0.3 is 20.7 Å². The predicted molar refractivity (Wildman–Crippen MR) is 106 cm³/mol. The molecule has 3 rings (SSSR count). The third-order valence-electron chi connectivity index (χ3n) is 4.73. The fourth-order valence-corrected chi connectivity index (χ4v) is 3.06. The number of rotatable bonds is 5. The quantitative estimate of drug-likeness (QED) is 0.796. The van der Waals surface area contributed by atoms with Gasteiger partial charge in [-0.3, -0.25) is 9.59 Å². The highest BCUT2D eigenvalue weighted by atomic mass is 16.5. The van der Waals surface area contributed by atoms with Gasteiger partial charge in [-0.1, -0.05) is 24.3 Å². The second-order valence-electron chi connectivity index (χ2n) is 6.68. The number of morpholine rings is 1. The maximum absolute atomic E-state index is 12.6. The van der Waals surface area contributed by atoms with E-state index in [0.29, 0.717) is 56.1 Å². The Labute approximate surface area is 159 Å². The molecule has 0 spiro atoms. The largest absolute Gasteiger partial charge is 0.399 e. The van der Waals surface area contributed by atoms with Gasteiger partial charge in [0, 0.05) is 36.4 Å². The third-order valence-corrected chi connectivity index (χ3v) is 4.73. The number of hydrogen-bond acceptors (Lipinski definition) is 4. The van der Waals surface area contributed by atoms with Crippen molar-refractivity contribution in [3.05, 3.63) is 59.2 Å². The van der Waals surface area contributed by atoms with Gasteiger partial charge in [0.1, 0.15) is 0 Å². The fourth-order valence-electron chi connectivity index (χ4n) is 3.06. The van der Waals surface area contributed by atoms with Gasteiger partial charge in [0.2, 0.25) is 5.91 Å². The molecule has 1 aliphatic heterocycles. The lowest BCUT2D eigenvalue weighted by atomic mass is 10.1. The van der Waals surface area contributed by atoms with Crippen molar-refractivity contribution in [2.45, 2.75) is 19.8 Å². The number of nitrogens with two attached hydrogens (primary N) is 1.